The highest BCUT2D eigenvalue weighted by Gasteiger charge is 2.34. The summed E-state index contributed by atoms with van der Waals surface area (Å²) in [5, 5.41) is 11.5. The number of aromatic hydroxyl groups is 1. The van der Waals surface area contributed by atoms with Crippen molar-refractivity contribution in [3.8, 4) is 5.75 Å². The lowest BCUT2D eigenvalue weighted by Gasteiger charge is -2.15. The molecule has 0 radical (unpaired) electrons. The van der Waals surface area contributed by atoms with Crippen LogP contribution < -0.4 is 10.4 Å². The smallest absolute Gasteiger partial charge is 0.282 e. The molecule has 0 spiro atoms. The first kappa shape index (κ1) is 16.8. The first-order chi connectivity index (χ1) is 11.4. The zero-order valence-electron chi connectivity index (χ0n) is 11.9. The molecule has 1 fully saturated rings. The maximum absolute atomic E-state index is 12.5. The number of anilines is 1. The Balaban J connectivity index is 1.98. The molecule has 24 heavy (non-hydrogen) atoms. The number of hydrogen-bond donors (Lipinski definition) is 2. The third kappa shape index (κ3) is 3.13. The molecule has 0 bridgehead atoms. The van der Waals surface area contributed by atoms with Gasteiger partial charge >= 0.3 is 0 Å². The van der Waals surface area contributed by atoms with Gasteiger partial charge in [-0.1, -0.05) is 39.1 Å². The molecule has 0 aromatic heterocycles. The highest BCUT2D eigenvalue weighted by Crippen LogP contribution is 2.30. The largest absolute Gasteiger partial charge is 0.507 e. The van der Waals surface area contributed by atoms with Crippen molar-refractivity contribution in [2.24, 2.45) is 0 Å². The van der Waals surface area contributed by atoms with Crippen molar-refractivity contribution in [1.82, 2.24) is 5.43 Å². The van der Waals surface area contributed by atoms with Gasteiger partial charge < -0.3 is 5.11 Å². The molecular weight excluding hydrogens is 419 g/mol. The first-order valence-electron chi connectivity index (χ1n) is 6.67. The maximum atomic E-state index is 12.5. The molecule has 1 aliphatic rings. The minimum Gasteiger partial charge on any atom is -0.507 e. The van der Waals surface area contributed by atoms with Gasteiger partial charge in [-0.3, -0.25) is 15.0 Å². The van der Waals surface area contributed by atoms with Crippen molar-refractivity contribution in [3.05, 3.63) is 62.1 Å². The molecule has 2 aromatic rings. The summed E-state index contributed by atoms with van der Waals surface area (Å²) >= 11 is 15.1. The van der Waals surface area contributed by atoms with E-state index < -0.39 is 11.8 Å². The number of benzene rings is 2. The van der Waals surface area contributed by atoms with E-state index in [-0.39, 0.29) is 16.3 Å². The van der Waals surface area contributed by atoms with Crippen molar-refractivity contribution >= 4 is 62.7 Å². The zero-order valence-corrected chi connectivity index (χ0v) is 15.0. The molecule has 1 aliphatic heterocycles. The van der Waals surface area contributed by atoms with Crippen LogP contribution in [0.2, 0.25) is 10.0 Å². The van der Waals surface area contributed by atoms with Gasteiger partial charge in [0, 0.05) is 10.0 Å². The maximum Gasteiger partial charge on any atom is 0.282 e. The standard InChI is InChI=1S/C16H9BrCl2N2O3/c17-9-1-4-14(22)8(5-9)6-11-15(23)20-21(16(11)24)10-2-3-12(18)13(19)7-10/h1-7,22H,(H,20,23). The minimum absolute atomic E-state index is 0.0423. The Labute approximate surface area is 155 Å². The van der Waals surface area contributed by atoms with E-state index in [9.17, 15) is 14.7 Å². The highest BCUT2D eigenvalue weighted by atomic mass is 79.9. The van der Waals surface area contributed by atoms with Crippen LogP contribution in [0, 0.1) is 0 Å². The number of carbonyl (C=O) groups excluding carboxylic acids is 2. The minimum atomic E-state index is -0.578. The van der Waals surface area contributed by atoms with E-state index in [1.807, 2.05) is 0 Å². The summed E-state index contributed by atoms with van der Waals surface area (Å²) < 4.78 is 0.708. The quantitative estimate of drug-likeness (QED) is 0.563. The van der Waals surface area contributed by atoms with Crippen LogP contribution in [0.4, 0.5) is 5.69 Å². The predicted octanol–water partition coefficient (Wildman–Crippen LogP) is 3.92. The monoisotopic (exact) mass is 426 g/mol. The molecule has 3 rings (SSSR count). The number of halogens is 3. The molecule has 1 heterocycles. The van der Waals surface area contributed by atoms with E-state index in [1.54, 1.807) is 18.2 Å². The van der Waals surface area contributed by atoms with Crippen LogP contribution in [0.25, 0.3) is 6.08 Å². The van der Waals surface area contributed by atoms with Crippen molar-refractivity contribution < 1.29 is 14.7 Å². The molecular formula is C16H9BrCl2N2O3. The number of hydrogen-bond acceptors (Lipinski definition) is 3. The Morgan fingerprint density at radius 1 is 1.08 bits per heavy atom. The fourth-order valence-electron chi connectivity index (χ4n) is 2.16. The molecule has 122 valence electrons. The first-order valence-corrected chi connectivity index (χ1v) is 8.22. The summed E-state index contributed by atoms with van der Waals surface area (Å²) in [5.74, 6) is -1.18. The normalized spacial score (nSPS) is 16.0. The number of hydrazine groups is 1. The van der Waals surface area contributed by atoms with E-state index >= 15 is 0 Å². The molecule has 5 nitrogen and oxygen atoms in total. The van der Waals surface area contributed by atoms with Gasteiger partial charge in [-0.25, -0.2) is 5.01 Å². The molecule has 2 N–H and O–H groups in total. The number of carbonyl (C=O) groups is 2. The number of phenolic OH excluding ortho intramolecular Hbond substituents is 1. The Morgan fingerprint density at radius 3 is 2.54 bits per heavy atom. The second-order valence-electron chi connectivity index (χ2n) is 4.94. The molecule has 1 saturated heterocycles. The van der Waals surface area contributed by atoms with Crippen LogP contribution in [-0.4, -0.2) is 16.9 Å². The Morgan fingerprint density at radius 2 is 1.83 bits per heavy atom. The van der Waals surface area contributed by atoms with Gasteiger partial charge in [-0.05, 0) is 42.5 Å². The van der Waals surface area contributed by atoms with E-state index in [0.717, 1.165) is 5.01 Å². The Bertz CT molecular complexity index is 899. The lowest BCUT2D eigenvalue weighted by molar-refractivity contribution is -0.117. The lowest BCUT2D eigenvalue weighted by Crippen LogP contribution is -2.35. The fourth-order valence-corrected chi connectivity index (χ4v) is 2.83. The van der Waals surface area contributed by atoms with Crippen LogP contribution >= 0.6 is 39.1 Å². The van der Waals surface area contributed by atoms with Crippen LogP contribution in [0.15, 0.2) is 46.4 Å². The summed E-state index contributed by atoms with van der Waals surface area (Å²) in [6.45, 7) is 0. The van der Waals surface area contributed by atoms with E-state index in [4.69, 9.17) is 23.2 Å². The van der Waals surface area contributed by atoms with Crippen LogP contribution in [0.5, 0.6) is 5.75 Å². The highest BCUT2D eigenvalue weighted by molar-refractivity contribution is 9.10. The van der Waals surface area contributed by atoms with Gasteiger partial charge in [-0.15, -0.1) is 0 Å². The number of amides is 2. The number of nitrogens with zero attached hydrogens (tertiary/aromatic N) is 1. The second-order valence-corrected chi connectivity index (χ2v) is 6.67. The van der Waals surface area contributed by atoms with Crippen molar-refractivity contribution in [3.63, 3.8) is 0 Å². The fraction of sp³-hybridized carbons (Fsp3) is 0. The van der Waals surface area contributed by atoms with Gasteiger partial charge in [0.05, 0.1) is 15.7 Å². The average molecular weight is 428 g/mol. The van der Waals surface area contributed by atoms with Crippen molar-refractivity contribution in [2.45, 2.75) is 0 Å². The zero-order chi connectivity index (χ0) is 17.4. The van der Waals surface area contributed by atoms with Crippen molar-refractivity contribution in [1.29, 1.82) is 0 Å². The molecule has 8 heteroatoms. The van der Waals surface area contributed by atoms with E-state index in [1.165, 1.54) is 24.3 Å². The van der Waals surface area contributed by atoms with Crippen molar-refractivity contribution in [2.75, 3.05) is 5.01 Å². The number of phenols is 1. The van der Waals surface area contributed by atoms with Crippen LogP contribution in [0.3, 0.4) is 0 Å². The molecule has 0 saturated carbocycles. The third-order valence-corrected chi connectivity index (χ3v) is 4.57. The second kappa shape index (κ2) is 6.47. The third-order valence-electron chi connectivity index (χ3n) is 3.34. The summed E-state index contributed by atoms with van der Waals surface area (Å²) in [5.41, 5.74) is 3.08. The average Bonchev–Trinajstić information content (AvgIpc) is 2.81. The van der Waals surface area contributed by atoms with E-state index in [0.29, 0.717) is 20.7 Å². The van der Waals surface area contributed by atoms with Crippen LogP contribution in [0.1, 0.15) is 5.56 Å². The SMILES string of the molecule is O=C1NN(c2ccc(Cl)c(Cl)c2)C(=O)C1=Cc1cc(Br)ccc1O. The summed E-state index contributed by atoms with van der Waals surface area (Å²) in [7, 11) is 0. The summed E-state index contributed by atoms with van der Waals surface area (Å²) in [4.78, 5) is 24.6. The molecule has 0 unspecified atom stereocenters. The molecule has 0 aliphatic carbocycles. The van der Waals surface area contributed by atoms with E-state index in [2.05, 4.69) is 21.4 Å². The Kier molecular flexibility index (Phi) is 4.54. The van der Waals surface area contributed by atoms with Gasteiger partial charge in [0.25, 0.3) is 11.8 Å². The predicted molar refractivity (Wildman–Crippen MR) is 95.9 cm³/mol. The topological polar surface area (TPSA) is 69.6 Å². The Hall–Kier alpha value is -2.02. The van der Waals surface area contributed by atoms with Gasteiger partial charge in [0.15, 0.2) is 0 Å². The van der Waals surface area contributed by atoms with Gasteiger partial charge in [0.2, 0.25) is 0 Å². The van der Waals surface area contributed by atoms with Gasteiger partial charge in [0.1, 0.15) is 11.3 Å². The number of nitrogens with one attached hydrogen (secondary N) is 1. The molecule has 2 amide bonds. The number of rotatable bonds is 2. The summed E-state index contributed by atoms with van der Waals surface area (Å²) in [6.07, 6.45) is 1.33. The molecule has 2 aromatic carbocycles. The lowest BCUT2D eigenvalue weighted by atomic mass is 10.1. The van der Waals surface area contributed by atoms with Crippen LogP contribution in [-0.2, 0) is 9.59 Å². The molecule has 0 atom stereocenters. The van der Waals surface area contributed by atoms with Gasteiger partial charge in [-0.2, -0.15) is 0 Å². The summed E-state index contributed by atoms with van der Waals surface area (Å²) in [6, 6.07) is 9.28.